The summed E-state index contributed by atoms with van der Waals surface area (Å²) >= 11 is 0. The fraction of sp³-hybridized carbons (Fsp3) is 0.238. The molecular formula is C21H18F3NO2S. The Bertz CT molecular complexity index is 1170. The largest absolute Gasteiger partial charge is 0.268 e. The van der Waals surface area contributed by atoms with E-state index in [1.165, 1.54) is 24.4 Å². The first kappa shape index (κ1) is 18.8. The van der Waals surface area contributed by atoms with Crippen LogP contribution in [0.3, 0.4) is 0 Å². The lowest BCUT2D eigenvalue weighted by molar-refractivity contribution is 0.580. The monoisotopic (exact) mass is 405 g/mol. The van der Waals surface area contributed by atoms with E-state index in [1.54, 1.807) is 0 Å². The van der Waals surface area contributed by atoms with Gasteiger partial charge in [0.2, 0.25) is 0 Å². The van der Waals surface area contributed by atoms with Gasteiger partial charge in [-0.15, -0.1) is 0 Å². The Morgan fingerprint density at radius 3 is 2.50 bits per heavy atom. The van der Waals surface area contributed by atoms with Crippen LogP contribution in [-0.4, -0.2) is 12.4 Å². The minimum Gasteiger partial charge on any atom is -0.240 e. The number of nitrogens with zero attached hydrogens (tertiary/aromatic N) is 1. The van der Waals surface area contributed by atoms with Gasteiger partial charge < -0.3 is 0 Å². The molecule has 1 atom stereocenters. The summed E-state index contributed by atoms with van der Waals surface area (Å²) in [6.07, 6.45) is 3.78. The maximum atomic E-state index is 14.6. The Morgan fingerprint density at radius 1 is 1.07 bits per heavy atom. The maximum absolute atomic E-state index is 14.6. The Labute approximate surface area is 161 Å². The minimum absolute atomic E-state index is 0.0133. The summed E-state index contributed by atoms with van der Waals surface area (Å²) < 4.78 is 69.2. The zero-order valence-electron chi connectivity index (χ0n) is 15.1. The normalized spacial score (nSPS) is 16.4. The lowest BCUT2D eigenvalue weighted by atomic mass is 10.0. The molecule has 1 aromatic heterocycles. The zero-order chi connectivity index (χ0) is 20.1. The fourth-order valence-corrected chi connectivity index (χ4v) is 5.38. The average Bonchev–Trinajstić information content (AvgIpc) is 3.21. The van der Waals surface area contributed by atoms with E-state index in [-0.39, 0.29) is 22.1 Å². The Morgan fingerprint density at radius 2 is 1.82 bits per heavy atom. The molecule has 28 heavy (non-hydrogen) atoms. The average molecular weight is 405 g/mol. The van der Waals surface area contributed by atoms with Crippen molar-refractivity contribution in [3.8, 4) is 11.3 Å². The molecule has 3 aromatic rings. The van der Waals surface area contributed by atoms with Gasteiger partial charge in [0, 0.05) is 17.8 Å². The van der Waals surface area contributed by atoms with Gasteiger partial charge >= 0.3 is 0 Å². The summed E-state index contributed by atoms with van der Waals surface area (Å²) in [7, 11) is -4.16. The molecule has 0 amide bonds. The van der Waals surface area contributed by atoms with Crippen LogP contribution in [0.25, 0.3) is 11.3 Å². The molecule has 0 radical (unpaired) electrons. The summed E-state index contributed by atoms with van der Waals surface area (Å²) in [6.45, 7) is 2.01. The van der Waals surface area contributed by atoms with Crippen molar-refractivity contribution in [2.24, 2.45) is 0 Å². The van der Waals surface area contributed by atoms with Gasteiger partial charge in [-0.25, -0.2) is 25.6 Å². The third-order valence-corrected chi connectivity index (χ3v) is 6.98. The molecule has 1 unspecified atom stereocenters. The molecule has 0 bridgehead atoms. The molecule has 0 saturated heterocycles. The highest BCUT2D eigenvalue weighted by Crippen LogP contribution is 2.44. The van der Waals surface area contributed by atoms with E-state index in [1.807, 2.05) is 6.92 Å². The summed E-state index contributed by atoms with van der Waals surface area (Å²) in [5, 5.41) is 0. The van der Waals surface area contributed by atoms with Crippen LogP contribution in [0.4, 0.5) is 13.2 Å². The first-order chi connectivity index (χ1) is 13.3. The predicted molar refractivity (Wildman–Crippen MR) is 100 cm³/mol. The van der Waals surface area contributed by atoms with Crippen LogP contribution in [0.15, 0.2) is 53.6 Å². The Hall–Kier alpha value is -2.54. The molecule has 4 rings (SSSR count). The maximum Gasteiger partial charge on any atom is 0.268 e. The highest BCUT2D eigenvalue weighted by Gasteiger charge is 2.33. The number of fused-ring (bicyclic) bond motifs is 1. The second kappa shape index (κ2) is 6.81. The van der Waals surface area contributed by atoms with Gasteiger partial charge in [-0.3, -0.25) is 0 Å². The standard InChI is InChI=1S/C21H18F3NO2S/c1-2-13-6-8-17-19(13)12-25(21(17)18-9-7-15(23)11-20(18)24)28(26,27)16-5-3-4-14(22)10-16/h3-5,7,9-13H,2,6,8H2,1H3. The van der Waals surface area contributed by atoms with Gasteiger partial charge in [-0.1, -0.05) is 13.0 Å². The molecular weight excluding hydrogens is 387 g/mol. The second-order valence-electron chi connectivity index (χ2n) is 6.94. The second-order valence-corrected chi connectivity index (χ2v) is 8.75. The van der Waals surface area contributed by atoms with Crippen LogP contribution in [-0.2, 0) is 16.4 Å². The molecule has 2 aromatic carbocycles. The lowest BCUT2D eigenvalue weighted by Gasteiger charge is -2.14. The number of rotatable bonds is 4. The topological polar surface area (TPSA) is 39.1 Å². The molecule has 146 valence electrons. The van der Waals surface area contributed by atoms with Crippen LogP contribution in [0.5, 0.6) is 0 Å². The Balaban J connectivity index is 2.00. The van der Waals surface area contributed by atoms with Crippen molar-refractivity contribution in [1.29, 1.82) is 0 Å². The van der Waals surface area contributed by atoms with E-state index in [0.29, 0.717) is 6.42 Å². The number of benzene rings is 2. The van der Waals surface area contributed by atoms with Crippen molar-refractivity contribution < 1.29 is 21.6 Å². The summed E-state index contributed by atoms with van der Waals surface area (Å²) in [5.74, 6) is -2.09. The minimum atomic E-state index is -4.16. The quantitative estimate of drug-likeness (QED) is 0.595. The third kappa shape index (κ3) is 2.94. The molecule has 7 heteroatoms. The molecule has 3 nitrogen and oxygen atoms in total. The molecule has 0 fully saturated rings. The van der Waals surface area contributed by atoms with Crippen molar-refractivity contribution in [1.82, 2.24) is 3.97 Å². The first-order valence-electron chi connectivity index (χ1n) is 9.03. The zero-order valence-corrected chi connectivity index (χ0v) is 15.9. The van der Waals surface area contributed by atoms with Crippen LogP contribution >= 0.6 is 0 Å². The summed E-state index contributed by atoms with van der Waals surface area (Å²) in [5.41, 5.74) is 1.80. The van der Waals surface area contributed by atoms with E-state index in [4.69, 9.17) is 0 Å². The predicted octanol–water partition coefficient (Wildman–Crippen LogP) is 5.25. The molecule has 1 heterocycles. The summed E-state index contributed by atoms with van der Waals surface area (Å²) in [6, 6.07) is 7.78. The van der Waals surface area contributed by atoms with Gasteiger partial charge in [-0.2, -0.15) is 0 Å². The number of halogens is 3. The van der Waals surface area contributed by atoms with E-state index in [2.05, 4.69) is 0 Å². The van der Waals surface area contributed by atoms with Crippen molar-refractivity contribution in [2.75, 3.05) is 0 Å². The van der Waals surface area contributed by atoms with E-state index >= 15 is 0 Å². The highest BCUT2D eigenvalue weighted by atomic mass is 32.2. The number of hydrogen-bond acceptors (Lipinski definition) is 2. The molecule has 0 N–H and O–H groups in total. The van der Waals surface area contributed by atoms with Gasteiger partial charge in [-0.05, 0) is 66.6 Å². The number of hydrogen-bond donors (Lipinski definition) is 0. The van der Waals surface area contributed by atoms with Crippen molar-refractivity contribution in [3.63, 3.8) is 0 Å². The van der Waals surface area contributed by atoms with Gasteiger partial charge in [0.1, 0.15) is 17.5 Å². The van der Waals surface area contributed by atoms with Crippen molar-refractivity contribution in [2.45, 2.75) is 37.0 Å². The van der Waals surface area contributed by atoms with Crippen LogP contribution < -0.4 is 0 Å². The van der Waals surface area contributed by atoms with E-state index in [0.717, 1.165) is 52.2 Å². The smallest absolute Gasteiger partial charge is 0.240 e. The van der Waals surface area contributed by atoms with Gasteiger partial charge in [0.15, 0.2) is 0 Å². The van der Waals surface area contributed by atoms with Crippen LogP contribution in [0, 0.1) is 17.5 Å². The van der Waals surface area contributed by atoms with E-state index in [9.17, 15) is 21.6 Å². The van der Waals surface area contributed by atoms with Crippen molar-refractivity contribution >= 4 is 10.0 Å². The van der Waals surface area contributed by atoms with Crippen molar-refractivity contribution in [3.05, 3.63) is 77.2 Å². The SMILES string of the molecule is CCC1CCc2c1cn(S(=O)(=O)c1cccc(F)c1)c2-c1ccc(F)cc1F. The first-order valence-corrected chi connectivity index (χ1v) is 10.5. The van der Waals surface area contributed by atoms with Gasteiger partial charge in [0.25, 0.3) is 10.0 Å². The lowest BCUT2D eigenvalue weighted by Crippen LogP contribution is -2.14. The van der Waals surface area contributed by atoms with Gasteiger partial charge in [0.05, 0.1) is 10.6 Å². The van der Waals surface area contributed by atoms with E-state index < -0.39 is 27.5 Å². The molecule has 1 aliphatic rings. The Kier molecular flexibility index (Phi) is 4.57. The molecule has 0 spiro atoms. The number of aromatic nitrogens is 1. The third-order valence-electron chi connectivity index (χ3n) is 5.33. The van der Waals surface area contributed by atoms with Crippen LogP contribution in [0.2, 0.25) is 0 Å². The molecule has 1 aliphatic carbocycles. The molecule has 0 aliphatic heterocycles. The fourth-order valence-electron chi connectivity index (χ4n) is 3.94. The molecule has 0 saturated carbocycles. The highest BCUT2D eigenvalue weighted by molar-refractivity contribution is 7.90. The summed E-state index contributed by atoms with van der Waals surface area (Å²) in [4.78, 5) is -0.224. The van der Waals surface area contributed by atoms with Crippen LogP contribution in [0.1, 0.15) is 36.8 Å².